The van der Waals surface area contributed by atoms with Crippen molar-refractivity contribution >= 4 is 22.9 Å². The van der Waals surface area contributed by atoms with Gasteiger partial charge >= 0.3 is 0 Å². The Morgan fingerprint density at radius 3 is 2.83 bits per heavy atom. The molecule has 0 spiro atoms. The van der Waals surface area contributed by atoms with Crippen molar-refractivity contribution in [3.8, 4) is 0 Å². The molecular formula is C18H25N3O2S. The minimum Gasteiger partial charge on any atom is -0.354 e. The number of hydrogen-bond donors (Lipinski definition) is 1. The summed E-state index contributed by atoms with van der Waals surface area (Å²) < 4.78 is 0. The fourth-order valence-corrected chi connectivity index (χ4v) is 4.09. The fraction of sp³-hybridized carbons (Fsp3) is 0.556. The van der Waals surface area contributed by atoms with Gasteiger partial charge in [-0.25, -0.2) is 0 Å². The Balaban J connectivity index is 1.40. The van der Waals surface area contributed by atoms with Gasteiger partial charge in [-0.1, -0.05) is 36.0 Å². The van der Waals surface area contributed by atoms with Crippen LogP contribution in [0.5, 0.6) is 0 Å². The number of amides is 2. The maximum atomic E-state index is 12.0. The summed E-state index contributed by atoms with van der Waals surface area (Å²) in [6.07, 6.45) is 1.46. The Morgan fingerprint density at radius 2 is 2.08 bits per heavy atom. The van der Waals surface area contributed by atoms with E-state index in [-0.39, 0.29) is 11.1 Å². The SMILES string of the molecule is C[C@H](CNC(=O)CCN1CCSC1=O)N1CCc2ccccc2C1. The quantitative estimate of drug-likeness (QED) is 0.856. The van der Waals surface area contributed by atoms with E-state index in [1.807, 2.05) is 0 Å². The third-order valence-corrected chi connectivity index (χ3v) is 5.72. The van der Waals surface area contributed by atoms with Crippen molar-refractivity contribution in [1.29, 1.82) is 0 Å². The van der Waals surface area contributed by atoms with Crippen LogP contribution in [0.3, 0.4) is 0 Å². The Labute approximate surface area is 147 Å². The van der Waals surface area contributed by atoms with E-state index in [1.165, 1.54) is 22.9 Å². The van der Waals surface area contributed by atoms with Gasteiger partial charge in [-0.3, -0.25) is 14.5 Å². The van der Waals surface area contributed by atoms with E-state index in [0.29, 0.717) is 25.6 Å². The van der Waals surface area contributed by atoms with Crippen molar-refractivity contribution in [2.75, 3.05) is 31.9 Å². The highest BCUT2D eigenvalue weighted by atomic mass is 32.2. The standard InChI is InChI=1S/C18H25N3O2S/c1-14(21-8-6-15-4-2-3-5-16(15)13-21)12-19-17(22)7-9-20-10-11-24-18(20)23/h2-5,14H,6-13H2,1H3,(H,19,22)/t14-/m1/s1. The lowest BCUT2D eigenvalue weighted by molar-refractivity contribution is -0.121. The third kappa shape index (κ3) is 4.30. The van der Waals surface area contributed by atoms with Gasteiger partial charge in [-0.15, -0.1) is 0 Å². The molecule has 130 valence electrons. The normalized spacial score (nSPS) is 19.2. The molecule has 0 saturated carbocycles. The Kier molecular flexibility index (Phi) is 5.79. The molecule has 5 nitrogen and oxygen atoms in total. The second-order valence-electron chi connectivity index (χ2n) is 6.49. The van der Waals surface area contributed by atoms with Crippen LogP contribution in [-0.2, 0) is 17.8 Å². The van der Waals surface area contributed by atoms with Gasteiger partial charge in [0.05, 0.1) is 0 Å². The number of carbonyl (C=O) groups is 2. The van der Waals surface area contributed by atoms with E-state index < -0.39 is 0 Å². The largest absolute Gasteiger partial charge is 0.354 e. The number of nitrogens with one attached hydrogen (secondary N) is 1. The van der Waals surface area contributed by atoms with Crippen molar-refractivity contribution in [3.63, 3.8) is 0 Å². The van der Waals surface area contributed by atoms with Crippen molar-refractivity contribution < 1.29 is 9.59 Å². The lowest BCUT2D eigenvalue weighted by Gasteiger charge is -2.33. The molecule has 1 aromatic carbocycles. The zero-order valence-corrected chi connectivity index (χ0v) is 15.0. The lowest BCUT2D eigenvalue weighted by Crippen LogP contribution is -2.44. The van der Waals surface area contributed by atoms with Gasteiger partial charge in [-0.05, 0) is 24.5 Å². The number of fused-ring (bicyclic) bond motifs is 1. The minimum atomic E-state index is 0.0314. The Hall–Kier alpha value is -1.53. The molecule has 1 aromatic rings. The van der Waals surface area contributed by atoms with Gasteiger partial charge in [0.1, 0.15) is 0 Å². The first-order valence-corrected chi connectivity index (χ1v) is 9.61. The number of nitrogens with zero attached hydrogens (tertiary/aromatic N) is 2. The second kappa shape index (κ2) is 8.03. The van der Waals surface area contributed by atoms with Crippen molar-refractivity contribution in [2.45, 2.75) is 32.4 Å². The van der Waals surface area contributed by atoms with Gasteiger partial charge in [0.25, 0.3) is 5.24 Å². The highest BCUT2D eigenvalue weighted by Crippen LogP contribution is 2.20. The van der Waals surface area contributed by atoms with E-state index in [9.17, 15) is 9.59 Å². The highest BCUT2D eigenvalue weighted by molar-refractivity contribution is 8.13. The van der Waals surface area contributed by atoms with Crippen LogP contribution in [0.1, 0.15) is 24.5 Å². The van der Waals surface area contributed by atoms with Crippen molar-refractivity contribution in [2.24, 2.45) is 0 Å². The summed E-state index contributed by atoms with van der Waals surface area (Å²) in [5.74, 6) is 0.873. The summed E-state index contributed by atoms with van der Waals surface area (Å²) in [5, 5.41) is 3.12. The zero-order valence-electron chi connectivity index (χ0n) is 14.2. The van der Waals surface area contributed by atoms with Crippen LogP contribution in [0.15, 0.2) is 24.3 Å². The molecule has 3 rings (SSSR count). The maximum Gasteiger partial charge on any atom is 0.281 e. The summed E-state index contributed by atoms with van der Waals surface area (Å²) in [7, 11) is 0. The summed E-state index contributed by atoms with van der Waals surface area (Å²) in [4.78, 5) is 27.7. The number of benzene rings is 1. The first-order valence-electron chi connectivity index (χ1n) is 8.62. The van der Waals surface area contributed by atoms with Crippen molar-refractivity contribution in [3.05, 3.63) is 35.4 Å². The number of thioether (sulfide) groups is 1. The van der Waals surface area contributed by atoms with Crippen LogP contribution in [0.4, 0.5) is 4.79 Å². The summed E-state index contributed by atoms with van der Waals surface area (Å²) in [6.45, 7) is 6.10. The molecule has 2 aliphatic rings. The maximum absolute atomic E-state index is 12.0. The van der Waals surface area contributed by atoms with E-state index >= 15 is 0 Å². The van der Waals surface area contributed by atoms with Gasteiger partial charge < -0.3 is 10.2 Å². The Morgan fingerprint density at radius 1 is 1.29 bits per heavy atom. The van der Waals surface area contributed by atoms with E-state index in [1.54, 1.807) is 4.90 Å². The topological polar surface area (TPSA) is 52.7 Å². The summed E-state index contributed by atoms with van der Waals surface area (Å²) >= 11 is 1.34. The van der Waals surface area contributed by atoms with Gasteiger partial charge in [0.2, 0.25) is 5.91 Å². The predicted octanol–water partition coefficient (Wildman–Crippen LogP) is 2.11. The smallest absolute Gasteiger partial charge is 0.281 e. The van der Waals surface area contributed by atoms with Crippen LogP contribution in [0, 0.1) is 0 Å². The third-order valence-electron chi connectivity index (χ3n) is 4.83. The number of hydrogen-bond acceptors (Lipinski definition) is 4. The van der Waals surface area contributed by atoms with Gasteiger partial charge in [0.15, 0.2) is 0 Å². The van der Waals surface area contributed by atoms with E-state index in [0.717, 1.165) is 31.8 Å². The zero-order chi connectivity index (χ0) is 16.9. The molecule has 1 fully saturated rings. The van der Waals surface area contributed by atoms with E-state index in [2.05, 4.69) is 41.4 Å². The van der Waals surface area contributed by atoms with Crippen LogP contribution in [0.2, 0.25) is 0 Å². The molecule has 1 saturated heterocycles. The fourth-order valence-electron chi connectivity index (χ4n) is 3.24. The molecule has 0 unspecified atom stereocenters. The summed E-state index contributed by atoms with van der Waals surface area (Å²) in [5.41, 5.74) is 2.84. The molecule has 1 atom stereocenters. The molecule has 0 radical (unpaired) electrons. The average Bonchev–Trinajstić information content (AvgIpc) is 3.02. The summed E-state index contributed by atoms with van der Waals surface area (Å²) in [6, 6.07) is 8.90. The molecule has 6 heteroatoms. The molecule has 2 amide bonds. The lowest BCUT2D eigenvalue weighted by atomic mass is 9.99. The molecule has 24 heavy (non-hydrogen) atoms. The van der Waals surface area contributed by atoms with E-state index in [4.69, 9.17) is 0 Å². The highest BCUT2D eigenvalue weighted by Gasteiger charge is 2.22. The molecule has 0 aromatic heterocycles. The molecular weight excluding hydrogens is 322 g/mol. The van der Waals surface area contributed by atoms with Crippen LogP contribution < -0.4 is 5.32 Å². The van der Waals surface area contributed by atoms with Crippen LogP contribution in [0.25, 0.3) is 0 Å². The number of carbonyl (C=O) groups excluding carboxylic acids is 2. The Bertz CT molecular complexity index is 608. The van der Waals surface area contributed by atoms with Gasteiger partial charge in [0, 0.05) is 50.9 Å². The first kappa shape index (κ1) is 17.3. The predicted molar refractivity (Wildman–Crippen MR) is 97.1 cm³/mol. The average molecular weight is 347 g/mol. The monoisotopic (exact) mass is 347 g/mol. The van der Waals surface area contributed by atoms with Crippen molar-refractivity contribution in [1.82, 2.24) is 15.1 Å². The minimum absolute atomic E-state index is 0.0314. The molecule has 2 aliphatic heterocycles. The van der Waals surface area contributed by atoms with Crippen LogP contribution in [-0.4, -0.2) is 58.9 Å². The molecule has 1 N–H and O–H groups in total. The first-order chi connectivity index (χ1) is 11.6. The molecule has 2 heterocycles. The van der Waals surface area contributed by atoms with Crippen LogP contribution >= 0.6 is 11.8 Å². The van der Waals surface area contributed by atoms with Gasteiger partial charge in [-0.2, -0.15) is 0 Å². The second-order valence-corrected chi connectivity index (χ2v) is 7.54. The molecule has 0 bridgehead atoms. The molecule has 0 aliphatic carbocycles. The number of rotatable bonds is 6.